The summed E-state index contributed by atoms with van der Waals surface area (Å²) in [5, 5.41) is 3.03. The van der Waals surface area contributed by atoms with E-state index in [4.69, 9.17) is 48.0 Å². The van der Waals surface area contributed by atoms with Crippen LogP contribution in [0.4, 0.5) is 0 Å². The first-order valence-corrected chi connectivity index (χ1v) is 12.3. The molecule has 1 heterocycles. The zero-order valence-electron chi connectivity index (χ0n) is 32.1. The van der Waals surface area contributed by atoms with Gasteiger partial charge < -0.3 is 11.1 Å². The second-order valence-electron chi connectivity index (χ2n) is 6.43. The van der Waals surface area contributed by atoms with Crippen LogP contribution >= 0.6 is 24.4 Å². The van der Waals surface area contributed by atoms with Crippen LogP contribution in [0.1, 0.15) is 111 Å². The van der Waals surface area contributed by atoms with Crippen LogP contribution in [0.15, 0.2) is 18.7 Å². The Hall–Kier alpha value is -1.51. The highest BCUT2D eigenvalue weighted by molar-refractivity contribution is 7.80. The molecule has 8 heteroatoms. The van der Waals surface area contributed by atoms with Crippen molar-refractivity contribution in [2.24, 2.45) is 17.6 Å². The van der Waals surface area contributed by atoms with E-state index in [2.05, 4.69) is 10.3 Å². The first-order valence-electron chi connectivity index (χ1n) is 17.5. The molecule has 0 radical (unpaired) electrons. The van der Waals surface area contributed by atoms with Gasteiger partial charge in [-0.05, 0) is 39.2 Å². The molecule has 0 aromatic carbocycles. The van der Waals surface area contributed by atoms with Gasteiger partial charge in [-0.1, -0.05) is 66.5 Å². The Bertz CT molecular complexity index is 678. The molecule has 3 N–H and O–H groups in total. The normalized spacial score (nSPS) is 19.6. The summed E-state index contributed by atoms with van der Waals surface area (Å²) in [5.41, 5.74) is 4.85. The van der Waals surface area contributed by atoms with Crippen molar-refractivity contribution in [1.82, 2.24) is 14.9 Å². The van der Waals surface area contributed by atoms with Crippen LogP contribution in [-0.4, -0.2) is 44.2 Å². The van der Waals surface area contributed by atoms with Crippen LogP contribution in [0.3, 0.4) is 0 Å². The topological polar surface area (TPSA) is 90.0 Å². The van der Waals surface area contributed by atoms with E-state index in [0.29, 0.717) is 17.2 Å². The second kappa shape index (κ2) is 22.7. The van der Waals surface area contributed by atoms with Crippen LogP contribution in [0, 0.1) is 11.8 Å². The Morgan fingerprint density at radius 3 is 1.97 bits per heavy atom. The zero-order chi connectivity index (χ0) is 36.2. The lowest BCUT2D eigenvalue weighted by molar-refractivity contribution is -0.119. The number of hydrogen-bond donors (Lipinski definition) is 2. The second-order valence-corrected chi connectivity index (χ2v) is 7.29. The number of Topliss-reactive ketones (excluding diaryl/α,β-unsaturated/α-hetero) is 2. The third-order valence-electron chi connectivity index (χ3n) is 4.33. The highest BCUT2D eigenvalue weighted by atomic mass is 32.1. The van der Waals surface area contributed by atoms with E-state index in [9.17, 15) is 9.59 Å². The third kappa shape index (κ3) is 13.1. The highest BCUT2D eigenvalue weighted by Crippen LogP contribution is 2.23. The molecule has 2 aliphatic carbocycles. The number of hydrogen-bond acceptors (Lipinski definition) is 6. The predicted molar refractivity (Wildman–Crippen MR) is 166 cm³/mol. The van der Waals surface area contributed by atoms with E-state index in [1.54, 1.807) is 23.3 Å². The number of nitrogens with zero attached hydrogens (tertiary/aromatic N) is 2. The van der Waals surface area contributed by atoms with Gasteiger partial charge in [0, 0.05) is 55.3 Å². The number of imidazole rings is 1. The molecule has 0 saturated heterocycles. The fraction of sp³-hybridized carbons (Fsp3) is 0.708. The van der Waals surface area contributed by atoms with E-state index in [1.165, 1.54) is 0 Å². The number of rotatable bonds is 3. The molecule has 2 fully saturated rings. The summed E-state index contributed by atoms with van der Waals surface area (Å²) < 4.78 is 61.8. The first kappa shape index (κ1) is 23.6. The van der Waals surface area contributed by atoms with Gasteiger partial charge in [0.15, 0.2) is 0 Å². The van der Waals surface area contributed by atoms with Gasteiger partial charge in [-0.25, -0.2) is 4.98 Å². The van der Waals surface area contributed by atoms with Gasteiger partial charge in [-0.3, -0.25) is 14.2 Å². The van der Waals surface area contributed by atoms with Gasteiger partial charge in [0.25, 0.3) is 0 Å². The first-order chi connectivity index (χ1) is 21.0. The summed E-state index contributed by atoms with van der Waals surface area (Å²) in [6.45, 7) is 13.5. The van der Waals surface area contributed by atoms with Gasteiger partial charge in [-0.2, -0.15) is 0 Å². The van der Waals surface area contributed by atoms with Gasteiger partial charge in [-0.15, -0.1) is 0 Å². The fourth-order valence-corrected chi connectivity index (χ4v) is 3.79. The monoisotopic (exact) mass is 535 g/mol. The number of aromatic nitrogens is 2. The number of nitrogens with one attached hydrogen (secondary N) is 1. The quantitative estimate of drug-likeness (QED) is 0.382. The van der Waals surface area contributed by atoms with Crippen molar-refractivity contribution in [2.75, 3.05) is 13.1 Å². The van der Waals surface area contributed by atoms with Crippen LogP contribution in [0.25, 0.3) is 0 Å². The van der Waals surface area contributed by atoms with Crippen molar-refractivity contribution in [1.29, 1.82) is 0 Å². The maximum atomic E-state index is 11.4. The predicted octanol–water partition coefficient (Wildman–Crippen LogP) is 7.83. The number of ketones is 2. The van der Waals surface area contributed by atoms with Crippen LogP contribution < -0.4 is 11.1 Å². The Balaban J connectivity index is -0.0000000291. The average molecular weight is 535 g/mol. The zero-order valence-corrected chi connectivity index (χ0v) is 21.8. The molecule has 1 aromatic heterocycles. The Labute approximate surface area is 231 Å². The lowest BCUT2D eigenvalue weighted by atomic mass is 10.1. The van der Waals surface area contributed by atoms with E-state index in [1.807, 2.05) is 41.5 Å². The Morgan fingerprint density at radius 1 is 1.16 bits per heavy atom. The molecular weight excluding hydrogens is 440 g/mol. The summed E-state index contributed by atoms with van der Waals surface area (Å²) in [7, 11) is 0. The standard InChI is InChI=1S/C9H10N2OS.C8H13NOS.C2H7N.2C2H6.CH4.10H2/c12-8-3-1-2-7(8)9(13)11-5-4-10-6-11;1-2-9-8(11)6-4-3-5-7(6)10;1-2-3;2*1-2;;;;;;;;;;;/h4-7H,1-3H2;6H,2-5H2,1H3,(H,9,11);2-3H2,1H3;2*1-2H3;1H4;10*1H/i;;;;;;6*1+2T;2*1+2;;. The molecule has 2 unspecified atom stereocenters. The van der Waals surface area contributed by atoms with Gasteiger partial charge in [0.1, 0.15) is 11.6 Å². The lowest BCUT2D eigenvalue weighted by Gasteiger charge is -2.09. The molecule has 2 saturated carbocycles. The van der Waals surface area contributed by atoms with Crippen LogP contribution in [-0.2, 0) is 9.59 Å². The van der Waals surface area contributed by atoms with Crippen molar-refractivity contribution in [2.45, 2.75) is 87.5 Å². The molecule has 1 aromatic rings. The molecule has 0 aliphatic heterocycles. The fourth-order valence-electron chi connectivity index (χ4n) is 3.04. The minimum Gasteiger partial charge on any atom is -0.379 e. The maximum absolute atomic E-state index is 11.4. The van der Waals surface area contributed by atoms with Crippen molar-refractivity contribution in [3.05, 3.63) is 18.7 Å². The summed E-state index contributed by atoms with van der Waals surface area (Å²) in [6, 6.07) is 0. The molecular formula is C24H66N4O2S2. The van der Waals surface area contributed by atoms with Crippen molar-refractivity contribution >= 4 is 46.0 Å². The molecule has 2 atom stereocenters. The van der Waals surface area contributed by atoms with E-state index >= 15 is 0 Å². The van der Waals surface area contributed by atoms with Crippen molar-refractivity contribution < 1.29 is 33.1 Å². The van der Waals surface area contributed by atoms with Gasteiger partial charge in [0.05, 0.1) is 28.1 Å². The Morgan fingerprint density at radius 2 is 1.62 bits per heavy atom. The van der Waals surface area contributed by atoms with Crippen LogP contribution in [0.2, 0.25) is 0 Å². The SMILES string of the molecule is C.CC.CC.CCN.CCNC(=S)C1CCCC1=O.O=C1CCCC1C(=S)n1ccnc1.[3HH].[3HH].[3H][3H].[3H][3H].[3H][3H].[3H][3H].[3H][3H].[3H][3H].[HH].[HH]. The number of carbonyl (C=O) groups is 2. The number of nitrogens with two attached hydrogens (primary N) is 1. The van der Waals surface area contributed by atoms with Crippen molar-refractivity contribution in [3.8, 4) is 0 Å². The minimum absolute atomic E-state index is 0. The molecule has 0 amide bonds. The van der Waals surface area contributed by atoms with Crippen LogP contribution in [0.5, 0.6) is 0 Å². The van der Waals surface area contributed by atoms with Gasteiger partial charge in [0.2, 0.25) is 0 Å². The average Bonchev–Trinajstić information content (AvgIpc) is 3.89. The van der Waals surface area contributed by atoms with Crippen molar-refractivity contribution in [3.63, 3.8) is 0 Å². The van der Waals surface area contributed by atoms with E-state index < -0.39 is 0 Å². The van der Waals surface area contributed by atoms with E-state index in [0.717, 1.165) is 50.2 Å². The molecule has 2 aliphatic rings. The summed E-state index contributed by atoms with van der Waals surface area (Å²) in [5.74, 6) is 0.573. The molecule has 3 rings (SSSR count). The van der Waals surface area contributed by atoms with Gasteiger partial charge >= 0.3 is 0 Å². The number of carbonyl (C=O) groups excluding carboxylic acids is 2. The molecule has 32 heavy (non-hydrogen) atoms. The molecule has 0 spiro atoms. The summed E-state index contributed by atoms with van der Waals surface area (Å²) >= 11 is 10.3. The highest BCUT2D eigenvalue weighted by Gasteiger charge is 2.29. The minimum atomic E-state index is -0.0517. The third-order valence-corrected chi connectivity index (χ3v) is 5.26. The maximum Gasteiger partial charge on any atom is 0.142 e. The van der Waals surface area contributed by atoms with E-state index in [-0.39, 0.29) is 30.8 Å². The summed E-state index contributed by atoms with van der Waals surface area (Å²) in [6.07, 6.45) is 10.3. The molecule has 0 bridgehead atoms. The molecule has 6 nitrogen and oxygen atoms in total. The Kier molecular flexibility index (Phi) is 16.8. The molecule has 206 valence electrons. The summed E-state index contributed by atoms with van der Waals surface area (Å²) in [4.78, 5) is 27.9. The number of thiocarbonyl (C=S) groups is 2. The lowest BCUT2D eigenvalue weighted by Crippen LogP contribution is -2.30. The largest absolute Gasteiger partial charge is 0.379 e. The smallest absolute Gasteiger partial charge is 0.142 e.